The van der Waals surface area contributed by atoms with E-state index < -0.39 is 10.0 Å². The molecule has 3 N–H and O–H groups in total. The molecule has 0 aliphatic carbocycles. The highest BCUT2D eigenvalue weighted by molar-refractivity contribution is 7.89. The first-order valence-corrected chi connectivity index (χ1v) is 5.34. The van der Waals surface area contributed by atoms with Crippen molar-refractivity contribution in [2.24, 2.45) is 5.14 Å². The summed E-state index contributed by atoms with van der Waals surface area (Å²) in [6, 6.07) is 0. The lowest BCUT2D eigenvalue weighted by atomic mass is 9.93. The van der Waals surface area contributed by atoms with Crippen molar-refractivity contribution in [3.63, 3.8) is 0 Å². The minimum Gasteiger partial charge on any atom is -0.347 e. The van der Waals surface area contributed by atoms with E-state index in [0.717, 1.165) is 0 Å². The lowest BCUT2D eigenvalue weighted by Gasteiger charge is -2.17. The van der Waals surface area contributed by atoms with Crippen LogP contribution in [0.1, 0.15) is 26.5 Å². The predicted molar refractivity (Wildman–Crippen MR) is 48.7 cm³/mol. The van der Waals surface area contributed by atoms with Crippen LogP contribution in [0.4, 0.5) is 0 Å². The van der Waals surface area contributed by atoms with E-state index >= 15 is 0 Å². The minimum absolute atomic E-state index is 0.0694. The molecule has 1 aromatic rings. The standard InChI is InChI=1S/C7H13N3O2S/c1-7(2,3)5-6(10-4-9-5)13(8,11)12/h4H,1-3H3,(H,9,10)(H2,8,11,12). The van der Waals surface area contributed by atoms with E-state index in [1.807, 2.05) is 20.8 Å². The summed E-state index contributed by atoms with van der Waals surface area (Å²) < 4.78 is 22.1. The number of rotatable bonds is 1. The first kappa shape index (κ1) is 10.2. The quantitative estimate of drug-likeness (QED) is 0.690. The number of sulfonamides is 1. The van der Waals surface area contributed by atoms with E-state index in [-0.39, 0.29) is 10.4 Å². The number of aromatic nitrogens is 2. The highest BCUT2D eigenvalue weighted by atomic mass is 32.2. The fraction of sp³-hybridized carbons (Fsp3) is 0.571. The molecule has 6 heteroatoms. The van der Waals surface area contributed by atoms with Gasteiger partial charge in [0.1, 0.15) is 0 Å². The van der Waals surface area contributed by atoms with Crippen molar-refractivity contribution in [3.05, 3.63) is 12.0 Å². The predicted octanol–water partition coefficient (Wildman–Crippen LogP) is 0.355. The van der Waals surface area contributed by atoms with Crippen molar-refractivity contribution in [2.45, 2.75) is 31.2 Å². The van der Waals surface area contributed by atoms with Gasteiger partial charge in [0.25, 0.3) is 10.0 Å². The molecule has 0 radical (unpaired) electrons. The normalized spacial score (nSPS) is 13.2. The van der Waals surface area contributed by atoms with Crippen molar-refractivity contribution < 1.29 is 8.42 Å². The average Bonchev–Trinajstić information content (AvgIpc) is 2.27. The van der Waals surface area contributed by atoms with Crippen LogP contribution >= 0.6 is 0 Å². The molecule has 74 valence electrons. The summed E-state index contributed by atoms with van der Waals surface area (Å²) >= 11 is 0. The molecule has 0 spiro atoms. The van der Waals surface area contributed by atoms with Crippen molar-refractivity contribution >= 4 is 10.0 Å². The van der Waals surface area contributed by atoms with Crippen molar-refractivity contribution in [1.29, 1.82) is 0 Å². The Kier molecular flexibility index (Phi) is 2.21. The van der Waals surface area contributed by atoms with Gasteiger partial charge in [-0.25, -0.2) is 18.5 Å². The second-order valence-corrected chi connectivity index (χ2v) is 5.35. The molecule has 0 aliphatic heterocycles. The second kappa shape index (κ2) is 2.81. The second-order valence-electron chi connectivity index (χ2n) is 3.88. The van der Waals surface area contributed by atoms with Gasteiger partial charge in [0.05, 0.1) is 12.0 Å². The number of hydrogen-bond donors (Lipinski definition) is 2. The monoisotopic (exact) mass is 203 g/mol. The molecule has 0 unspecified atom stereocenters. The Labute approximate surface area is 77.4 Å². The number of nitrogens with zero attached hydrogens (tertiary/aromatic N) is 1. The van der Waals surface area contributed by atoms with E-state index in [1.54, 1.807) is 0 Å². The maximum absolute atomic E-state index is 11.1. The number of imidazole rings is 1. The molecule has 0 saturated carbocycles. The molecule has 13 heavy (non-hydrogen) atoms. The van der Waals surface area contributed by atoms with E-state index in [2.05, 4.69) is 9.97 Å². The Bertz CT molecular complexity index is 400. The molecular weight excluding hydrogens is 190 g/mol. The number of H-pyrrole nitrogens is 1. The summed E-state index contributed by atoms with van der Waals surface area (Å²) in [6.07, 6.45) is 1.33. The fourth-order valence-electron chi connectivity index (χ4n) is 1.03. The first-order chi connectivity index (χ1) is 5.73. The molecule has 0 saturated heterocycles. The Balaban J connectivity index is 3.35. The maximum atomic E-state index is 11.1. The highest BCUT2D eigenvalue weighted by Gasteiger charge is 2.25. The molecule has 0 fully saturated rings. The number of nitrogens with one attached hydrogen (secondary N) is 1. The molecule has 0 atom stereocenters. The van der Waals surface area contributed by atoms with Gasteiger partial charge in [-0.2, -0.15) is 0 Å². The molecule has 0 amide bonds. The van der Waals surface area contributed by atoms with Gasteiger partial charge in [-0.1, -0.05) is 20.8 Å². The Morgan fingerprint density at radius 1 is 1.46 bits per heavy atom. The van der Waals surface area contributed by atoms with Gasteiger partial charge < -0.3 is 4.98 Å². The van der Waals surface area contributed by atoms with Crippen LogP contribution in [0, 0.1) is 0 Å². The van der Waals surface area contributed by atoms with Gasteiger partial charge in [0.2, 0.25) is 0 Å². The van der Waals surface area contributed by atoms with Crippen molar-refractivity contribution in [1.82, 2.24) is 9.97 Å². The van der Waals surface area contributed by atoms with Crippen LogP contribution in [0.3, 0.4) is 0 Å². The number of aromatic amines is 1. The Morgan fingerprint density at radius 3 is 2.31 bits per heavy atom. The minimum atomic E-state index is -3.72. The summed E-state index contributed by atoms with van der Waals surface area (Å²) in [7, 11) is -3.72. The summed E-state index contributed by atoms with van der Waals surface area (Å²) in [5, 5.41) is 4.92. The van der Waals surface area contributed by atoms with Gasteiger partial charge in [-0.05, 0) is 0 Å². The highest BCUT2D eigenvalue weighted by Crippen LogP contribution is 2.24. The van der Waals surface area contributed by atoms with Gasteiger partial charge >= 0.3 is 0 Å². The number of primary sulfonamides is 1. The van der Waals surface area contributed by atoms with Crippen LogP contribution in [0.2, 0.25) is 0 Å². The van der Waals surface area contributed by atoms with Gasteiger partial charge in [-0.15, -0.1) is 0 Å². The third-order valence-electron chi connectivity index (χ3n) is 1.62. The average molecular weight is 203 g/mol. The van der Waals surface area contributed by atoms with Crippen LogP contribution in [0.5, 0.6) is 0 Å². The summed E-state index contributed by atoms with van der Waals surface area (Å²) in [6.45, 7) is 5.65. The Morgan fingerprint density at radius 2 is 2.00 bits per heavy atom. The van der Waals surface area contributed by atoms with E-state index in [4.69, 9.17) is 5.14 Å². The fourth-order valence-corrected chi connectivity index (χ4v) is 1.88. The molecule has 0 bridgehead atoms. The van der Waals surface area contributed by atoms with Crippen LogP contribution in [0.25, 0.3) is 0 Å². The molecule has 0 aromatic carbocycles. The zero-order valence-electron chi connectivity index (χ0n) is 7.83. The zero-order valence-corrected chi connectivity index (χ0v) is 8.64. The lowest BCUT2D eigenvalue weighted by Crippen LogP contribution is -2.21. The zero-order chi connectivity index (χ0) is 10.3. The summed E-state index contributed by atoms with van der Waals surface area (Å²) in [5.74, 6) is 0. The smallest absolute Gasteiger partial charge is 0.257 e. The van der Waals surface area contributed by atoms with Crippen LogP contribution in [-0.4, -0.2) is 18.4 Å². The van der Waals surface area contributed by atoms with Crippen molar-refractivity contribution in [3.8, 4) is 0 Å². The van der Waals surface area contributed by atoms with Gasteiger partial charge in [0.15, 0.2) is 5.03 Å². The Hall–Kier alpha value is -0.880. The van der Waals surface area contributed by atoms with E-state index in [9.17, 15) is 8.42 Å². The van der Waals surface area contributed by atoms with Gasteiger partial charge in [0, 0.05) is 5.41 Å². The first-order valence-electron chi connectivity index (χ1n) is 3.79. The number of hydrogen-bond acceptors (Lipinski definition) is 3. The molecule has 5 nitrogen and oxygen atoms in total. The summed E-state index contributed by atoms with van der Waals surface area (Å²) in [4.78, 5) is 6.47. The molecule has 1 heterocycles. The van der Waals surface area contributed by atoms with E-state index in [1.165, 1.54) is 6.33 Å². The summed E-state index contributed by atoms with van der Waals surface area (Å²) in [5.41, 5.74) is 0.230. The lowest BCUT2D eigenvalue weighted by molar-refractivity contribution is 0.546. The van der Waals surface area contributed by atoms with Crippen LogP contribution < -0.4 is 5.14 Å². The molecular formula is C7H13N3O2S. The molecule has 1 rings (SSSR count). The van der Waals surface area contributed by atoms with Crippen molar-refractivity contribution in [2.75, 3.05) is 0 Å². The molecule has 0 aliphatic rings. The van der Waals surface area contributed by atoms with Gasteiger partial charge in [-0.3, -0.25) is 0 Å². The number of nitrogens with two attached hydrogens (primary N) is 1. The van der Waals surface area contributed by atoms with Crippen LogP contribution in [-0.2, 0) is 15.4 Å². The van der Waals surface area contributed by atoms with Crippen LogP contribution in [0.15, 0.2) is 11.4 Å². The third kappa shape index (κ3) is 2.07. The van der Waals surface area contributed by atoms with E-state index in [0.29, 0.717) is 5.69 Å². The maximum Gasteiger partial charge on any atom is 0.257 e. The molecule has 1 aromatic heterocycles. The SMILES string of the molecule is CC(C)(C)c1[nH]cnc1S(N)(=O)=O. The topological polar surface area (TPSA) is 88.8 Å². The third-order valence-corrected chi connectivity index (χ3v) is 2.47. The largest absolute Gasteiger partial charge is 0.347 e.